The normalized spacial score (nSPS) is 30.0. The molecule has 0 unspecified atom stereocenters. The van der Waals surface area contributed by atoms with Crippen LogP contribution in [-0.4, -0.2) is 31.6 Å². The predicted octanol–water partition coefficient (Wildman–Crippen LogP) is 2.70. The molecule has 4 aliphatic rings. The molecule has 0 aliphatic heterocycles. The minimum absolute atomic E-state index is 0.00790. The Bertz CT molecular complexity index is 729. The van der Waals surface area contributed by atoms with Crippen LogP contribution in [0.1, 0.15) is 48.0 Å². The molecule has 4 aliphatic carbocycles. The number of carbonyl (C=O) groups excluding carboxylic acids is 3. The lowest BCUT2D eigenvalue weighted by molar-refractivity contribution is -0.164. The van der Waals surface area contributed by atoms with Crippen molar-refractivity contribution < 1.29 is 23.9 Å². The van der Waals surface area contributed by atoms with Gasteiger partial charge in [-0.1, -0.05) is 12.1 Å². The van der Waals surface area contributed by atoms with Crippen LogP contribution in [0.4, 0.5) is 0 Å². The van der Waals surface area contributed by atoms with E-state index in [-0.39, 0.29) is 24.4 Å². The minimum atomic E-state index is -0.396. The molecule has 0 radical (unpaired) electrons. The highest BCUT2D eigenvalue weighted by Crippen LogP contribution is 2.56. The third-order valence-electron chi connectivity index (χ3n) is 6.71. The Hall–Kier alpha value is -2.37. The maximum atomic E-state index is 12.6. The molecular formula is C22H27NO5. The molecule has 1 N–H and O–H groups in total. The fraction of sp³-hybridized carbons (Fsp3) is 0.591. The van der Waals surface area contributed by atoms with E-state index in [2.05, 4.69) is 10.1 Å². The second-order valence-electron chi connectivity index (χ2n) is 8.53. The van der Waals surface area contributed by atoms with Gasteiger partial charge in [-0.05, 0) is 73.5 Å². The molecule has 1 aromatic carbocycles. The number of ether oxygens (including phenoxy) is 2. The molecule has 0 aromatic heterocycles. The van der Waals surface area contributed by atoms with Crippen molar-refractivity contribution in [3.05, 3.63) is 35.4 Å². The summed E-state index contributed by atoms with van der Waals surface area (Å²) in [6, 6.07) is 6.82. The Kier molecular flexibility index (Phi) is 5.38. The van der Waals surface area contributed by atoms with Gasteiger partial charge in [0.1, 0.15) is 0 Å². The molecule has 0 saturated heterocycles. The van der Waals surface area contributed by atoms with E-state index in [1.165, 1.54) is 13.5 Å². The number of benzene rings is 1. The molecule has 0 atom stereocenters. The summed E-state index contributed by atoms with van der Waals surface area (Å²) in [5.41, 5.74) is 1.32. The highest BCUT2D eigenvalue weighted by atomic mass is 16.5. The van der Waals surface area contributed by atoms with Crippen LogP contribution in [0.15, 0.2) is 24.3 Å². The number of esters is 2. The standard InChI is InChI=1S/C22H27NO5/c1-27-21(25)16-4-2-13(3-5-16)11-23-19(24)12-28-22(26)20-17-7-14-6-15(9-17)10-18(20)8-14/h2-5,14-15,17-18,20H,6-12H2,1H3,(H,23,24). The molecule has 28 heavy (non-hydrogen) atoms. The zero-order chi connectivity index (χ0) is 19.7. The van der Waals surface area contributed by atoms with Crippen LogP contribution in [0.25, 0.3) is 0 Å². The van der Waals surface area contributed by atoms with Gasteiger partial charge in [-0.15, -0.1) is 0 Å². The van der Waals surface area contributed by atoms with E-state index in [1.807, 2.05) is 0 Å². The van der Waals surface area contributed by atoms with Crippen molar-refractivity contribution in [2.24, 2.45) is 29.6 Å². The molecule has 4 bridgehead atoms. The van der Waals surface area contributed by atoms with Crippen molar-refractivity contribution in [3.8, 4) is 0 Å². The van der Waals surface area contributed by atoms with E-state index >= 15 is 0 Å². The number of methoxy groups -OCH3 is 1. The van der Waals surface area contributed by atoms with Gasteiger partial charge in [0.15, 0.2) is 6.61 Å². The van der Waals surface area contributed by atoms with Gasteiger partial charge in [0, 0.05) is 6.54 Å². The number of hydrogen-bond acceptors (Lipinski definition) is 5. The first-order valence-electron chi connectivity index (χ1n) is 10.1. The summed E-state index contributed by atoms with van der Waals surface area (Å²) in [6.07, 6.45) is 5.96. The van der Waals surface area contributed by atoms with Gasteiger partial charge >= 0.3 is 11.9 Å². The molecule has 1 aromatic rings. The highest BCUT2D eigenvalue weighted by molar-refractivity contribution is 5.89. The van der Waals surface area contributed by atoms with E-state index in [0.717, 1.165) is 43.1 Å². The Morgan fingerprint density at radius 1 is 0.964 bits per heavy atom. The van der Waals surface area contributed by atoms with Gasteiger partial charge in [-0.2, -0.15) is 0 Å². The Morgan fingerprint density at radius 3 is 2.14 bits per heavy atom. The molecular weight excluding hydrogens is 358 g/mol. The smallest absolute Gasteiger partial charge is 0.337 e. The van der Waals surface area contributed by atoms with E-state index in [4.69, 9.17) is 4.74 Å². The third kappa shape index (κ3) is 3.91. The first kappa shape index (κ1) is 19.0. The van der Waals surface area contributed by atoms with Crippen molar-refractivity contribution >= 4 is 17.8 Å². The van der Waals surface area contributed by atoms with Crippen molar-refractivity contribution in [2.75, 3.05) is 13.7 Å². The van der Waals surface area contributed by atoms with Gasteiger partial charge in [-0.3, -0.25) is 9.59 Å². The largest absolute Gasteiger partial charge is 0.465 e. The fourth-order valence-corrected chi connectivity index (χ4v) is 5.67. The van der Waals surface area contributed by atoms with Crippen molar-refractivity contribution in [1.82, 2.24) is 5.32 Å². The molecule has 6 nitrogen and oxygen atoms in total. The summed E-state index contributed by atoms with van der Waals surface area (Å²) in [4.78, 5) is 36.1. The Morgan fingerprint density at radius 2 is 1.57 bits per heavy atom. The van der Waals surface area contributed by atoms with Gasteiger partial charge in [0.2, 0.25) is 0 Å². The summed E-state index contributed by atoms with van der Waals surface area (Å²) in [6.45, 7) is 0.0811. The second kappa shape index (κ2) is 7.94. The number of carbonyl (C=O) groups is 3. The quantitative estimate of drug-likeness (QED) is 0.762. The molecule has 0 heterocycles. The van der Waals surface area contributed by atoms with E-state index in [0.29, 0.717) is 23.9 Å². The number of hydrogen-bond donors (Lipinski definition) is 1. The van der Waals surface area contributed by atoms with Gasteiger partial charge in [0.05, 0.1) is 18.6 Å². The topological polar surface area (TPSA) is 81.7 Å². The Labute approximate surface area is 165 Å². The molecule has 1 amide bonds. The molecule has 5 rings (SSSR count). The van der Waals surface area contributed by atoms with Crippen LogP contribution in [0, 0.1) is 29.6 Å². The average Bonchev–Trinajstić information content (AvgIpc) is 2.69. The summed E-state index contributed by atoms with van der Waals surface area (Å²) in [5.74, 6) is 1.63. The molecule has 6 heteroatoms. The maximum absolute atomic E-state index is 12.6. The van der Waals surface area contributed by atoms with Crippen LogP contribution in [0.2, 0.25) is 0 Å². The van der Waals surface area contributed by atoms with E-state index < -0.39 is 5.97 Å². The number of nitrogens with one attached hydrogen (secondary N) is 1. The highest BCUT2D eigenvalue weighted by Gasteiger charge is 2.51. The van der Waals surface area contributed by atoms with Crippen LogP contribution in [-0.2, 0) is 25.6 Å². The lowest BCUT2D eigenvalue weighted by Crippen LogP contribution is -2.48. The monoisotopic (exact) mass is 385 g/mol. The van der Waals surface area contributed by atoms with Gasteiger partial charge < -0.3 is 14.8 Å². The zero-order valence-electron chi connectivity index (χ0n) is 16.2. The van der Waals surface area contributed by atoms with Crippen LogP contribution < -0.4 is 5.32 Å². The first-order valence-corrected chi connectivity index (χ1v) is 10.1. The molecule has 150 valence electrons. The van der Waals surface area contributed by atoms with E-state index in [9.17, 15) is 14.4 Å². The first-order chi connectivity index (χ1) is 13.5. The molecule has 4 fully saturated rings. The summed E-state index contributed by atoms with van der Waals surface area (Å²) in [5, 5.41) is 2.75. The van der Waals surface area contributed by atoms with Crippen LogP contribution >= 0.6 is 0 Å². The lowest BCUT2D eigenvalue weighted by Gasteiger charge is -2.53. The van der Waals surface area contributed by atoms with E-state index in [1.54, 1.807) is 24.3 Å². The van der Waals surface area contributed by atoms with Gasteiger partial charge in [0.25, 0.3) is 5.91 Å². The molecule has 0 spiro atoms. The molecule has 4 saturated carbocycles. The zero-order valence-corrected chi connectivity index (χ0v) is 16.2. The van der Waals surface area contributed by atoms with Crippen LogP contribution in [0.3, 0.4) is 0 Å². The lowest BCUT2D eigenvalue weighted by atomic mass is 9.52. The maximum Gasteiger partial charge on any atom is 0.337 e. The van der Waals surface area contributed by atoms with Crippen molar-refractivity contribution in [1.29, 1.82) is 0 Å². The summed E-state index contributed by atoms with van der Waals surface area (Å²) < 4.78 is 10.0. The Balaban J connectivity index is 1.22. The predicted molar refractivity (Wildman–Crippen MR) is 101 cm³/mol. The number of amides is 1. The average molecular weight is 385 g/mol. The summed E-state index contributed by atoms with van der Waals surface area (Å²) >= 11 is 0. The number of rotatable bonds is 6. The van der Waals surface area contributed by atoms with Crippen LogP contribution in [0.5, 0.6) is 0 Å². The third-order valence-corrected chi connectivity index (χ3v) is 6.71. The summed E-state index contributed by atoms with van der Waals surface area (Å²) in [7, 11) is 1.33. The van der Waals surface area contributed by atoms with Crippen molar-refractivity contribution in [2.45, 2.75) is 38.6 Å². The minimum Gasteiger partial charge on any atom is -0.465 e. The van der Waals surface area contributed by atoms with Crippen molar-refractivity contribution in [3.63, 3.8) is 0 Å². The van der Waals surface area contributed by atoms with Gasteiger partial charge in [-0.25, -0.2) is 4.79 Å². The SMILES string of the molecule is COC(=O)c1ccc(CNC(=O)COC(=O)C2C3CC4CC(C3)CC2C4)cc1. The second-order valence-corrected chi connectivity index (χ2v) is 8.53. The fourth-order valence-electron chi connectivity index (χ4n) is 5.67.